The van der Waals surface area contributed by atoms with Crippen molar-refractivity contribution >= 4 is 23.5 Å². The fourth-order valence-corrected chi connectivity index (χ4v) is 3.13. The lowest BCUT2D eigenvalue weighted by molar-refractivity contribution is -0.139. The summed E-state index contributed by atoms with van der Waals surface area (Å²) in [5.41, 5.74) is 2.10. The molecule has 1 aliphatic rings. The first-order valence-electron chi connectivity index (χ1n) is 8.41. The molecule has 0 saturated carbocycles. The van der Waals surface area contributed by atoms with Crippen molar-refractivity contribution < 1.29 is 9.53 Å². The molecule has 0 saturated heterocycles. The number of esters is 1. The van der Waals surface area contributed by atoms with Gasteiger partial charge in [0, 0.05) is 10.7 Å². The van der Waals surface area contributed by atoms with Gasteiger partial charge in [-0.15, -0.1) is 0 Å². The summed E-state index contributed by atoms with van der Waals surface area (Å²) in [6.07, 6.45) is 4.43. The third-order valence-electron chi connectivity index (χ3n) is 4.16. The molecule has 3 rings (SSSR count). The summed E-state index contributed by atoms with van der Waals surface area (Å²) >= 11 is 6.15. The second-order valence-electron chi connectivity index (χ2n) is 5.99. The third kappa shape index (κ3) is 3.69. The Morgan fingerprint density at radius 3 is 3.00 bits per heavy atom. The number of allylic oxidation sites excluding steroid dienone is 1. The van der Waals surface area contributed by atoms with Crippen LogP contribution < -0.4 is 5.32 Å². The molecule has 132 valence electrons. The highest BCUT2D eigenvalue weighted by Crippen LogP contribution is 2.35. The smallest absolute Gasteiger partial charge is 0.338 e. The zero-order chi connectivity index (χ0) is 17.8. The summed E-state index contributed by atoms with van der Waals surface area (Å²) < 4.78 is 7.18. The minimum Gasteiger partial charge on any atom is -0.462 e. The van der Waals surface area contributed by atoms with Crippen molar-refractivity contribution in [2.45, 2.75) is 39.2 Å². The van der Waals surface area contributed by atoms with Crippen LogP contribution in [0.25, 0.3) is 0 Å². The van der Waals surface area contributed by atoms with Crippen molar-refractivity contribution in [3.63, 3.8) is 0 Å². The highest BCUT2D eigenvalue weighted by Gasteiger charge is 2.34. The number of hydrogen-bond donors (Lipinski definition) is 1. The van der Waals surface area contributed by atoms with Crippen LogP contribution in [0.4, 0.5) is 5.95 Å². The number of fused-ring (bicyclic) bond motifs is 1. The summed E-state index contributed by atoms with van der Waals surface area (Å²) in [5, 5.41) is 8.00. The van der Waals surface area contributed by atoms with Crippen LogP contribution in [0, 0.1) is 0 Å². The number of rotatable bonds is 6. The second kappa shape index (κ2) is 7.70. The molecule has 1 aliphatic heterocycles. The highest BCUT2D eigenvalue weighted by atomic mass is 35.5. The minimum atomic E-state index is -0.420. The maximum Gasteiger partial charge on any atom is 0.338 e. The Morgan fingerprint density at radius 2 is 2.24 bits per heavy atom. The summed E-state index contributed by atoms with van der Waals surface area (Å²) in [5.74, 6) is 0.247. The van der Waals surface area contributed by atoms with E-state index in [2.05, 4.69) is 22.3 Å². The van der Waals surface area contributed by atoms with Crippen LogP contribution in [-0.4, -0.2) is 27.3 Å². The number of ether oxygens (including phenoxy) is 1. The van der Waals surface area contributed by atoms with Gasteiger partial charge in [-0.05, 0) is 31.0 Å². The number of carbonyl (C=O) groups excluding carboxylic acids is 1. The first-order valence-corrected chi connectivity index (χ1v) is 8.79. The predicted molar refractivity (Wildman–Crippen MR) is 96.4 cm³/mol. The molecule has 0 spiro atoms. The van der Waals surface area contributed by atoms with Gasteiger partial charge >= 0.3 is 5.97 Å². The molecule has 1 aromatic heterocycles. The van der Waals surface area contributed by atoms with Crippen LogP contribution in [0.15, 0.2) is 41.9 Å². The molecule has 1 unspecified atom stereocenters. The third-order valence-corrected chi connectivity index (χ3v) is 4.39. The SMILES string of the molecule is CCCCCOC(=O)C1=C(C)Nc2ncnn2C1c1cccc(Cl)c1. The summed E-state index contributed by atoms with van der Waals surface area (Å²) in [7, 11) is 0. The van der Waals surface area contributed by atoms with Crippen LogP contribution in [-0.2, 0) is 9.53 Å². The van der Waals surface area contributed by atoms with Gasteiger partial charge in [0.15, 0.2) is 0 Å². The molecule has 0 aliphatic carbocycles. The molecule has 1 atom stereocenters. The van der Waals surface area contributed by atoms with E-state index in [9.17, 15) is 4.79 Å². The van der Waals surface area contributed by atoms with Crippen molar-refractivity contribution in [1.82, 2.24) is 14.8 Å². The van der Waals surface area contributed by atoms with E-state index in [1.807, 2.05) is 25.1 Å². The lowest BCUT2D eigenvalue weighted by Crippen LogP contribution is -2.29. The van der Waals surface area contributed by atoms with E-state index in [1.165, 1.54) is 6.33 Å². The van der Waals surface area contributed by atoms with E-state index in [4.69, 9.17) is 16.3 Å². The van der Waals surface area contributed by atoms with E-state index in [0.29, 0.717) is 28.8 Å². The number of unbranched alkanes of at least 4 members (excludes halogenated alkanes) is 2. The molecule has 2 aromatic rings. The number of aromatic nitrogens is 3. The van der Waals surface area contributed by atoms with Gasteiger partial charge in [-0.1, -0.05) is 43.5 Å². The van der Waals surface area contributed by atoms with E-state index in [1.54, 1.807) is 10.7 Å². The molecule has 7 heteroatoms. The maximum atomic E-state index is 12.8. The van der Waals surface area contributed by atoms with Crippen molar-refractivity contribution in [3.05, 3.63) is 52.4 Å². The van der Waals surface area contributed by atoms with Gasteiger partial charge < -0.3 is 10.1 Å². The van der Waals surface area contributed by atoms with E-state index in [-0.39, 0.29) is 5.97 Å². The molecule has 0 amide bonds. The zero-order valence-corrected chi connectivity index (χ0v) is 15.1. The van der Waals surface area contributed by atoms with Gasteiger partial charge in [0.2, 0.25) is 5.95 Å². The Kier molecular flexibility index (Phi) is 5.38. The summed E-state index contributed by atoms with van der Waals surface area (Å²) in [6, 6.07) is 6.99. The molecule has 25 heavy (non-hydrogen) atoms. The fraction of sp³-hybridized carbons (Fsp3) is 0.389. The van der Waals surface area contributed by atoms with Crippen LogP contribution in [0.5, 0.6) is 0 Å². The molecule has 6 nitrogen and oxygen atoms in total. The predicted octanol–water partition coefficient (Wildman–Crippen LogP) is 3.95. The molecular weight excluding hydrogens is 340 g/mol. The topological polar surface area (TPSA) is 69.0 Å². The minimum absolute atomic E-state index is 0.341. The molecule has 1 aromatic carbocycles. The van der Waals surface area contributed by atoms with Gasteiger partial charge in [0.25, 0.3) is 0 Å². The number of anilines is 1. The Morgan fingerprint density at radius 1 is 1.40 bits per heavy atom. The van der Waals surface area contributed by atoms with Gasteiger partial charge in [-0.25, -0.2) is 9.48 Å². The lowest BCUT2D eigenvalue weighted by atomic mass is 9.96. The number of carbonyl (C=O) groups is 1. The fourth-order valence-electron chi connectivity index (χ4n) is 2.93. The van der Waals surface area contributed by atoms with Gasteiger partial charge in [0.05, 0.1) is 12.2 Å². The number of nitrogens with one attached hydrogen (secondary N) is 1. The number of benzene rings is 1. The van der Waals surface area contributed by atoms with Crippen molar-refractivity contribution in [2.75, 3.05) is 11.9 Å². The molecule has 1 N–H and O–H groups in total. The quantitative estimate of drug-likeness (QED) is 0.624. The first kappa shape index (κ1) is 17.5. The summed E-state index contributed by atoms with van der Waals surface area (Å²) in [6.45, 7) is 4.37. The highest BCUT2D eigenvalue weighted by molar-refractivity contribution is 6.30. The van der Waals surface area contributed by atoms with Crippen LogP contribution in [0.1, 0.15) is 44.7 Å². The Labute approximate surface area is 151 Å². The summed E-state index contributed by atoms with van der Waals surface area (Å²) in [4.78, 5) is 17.0. The van der Waals surface area contributed by atoms with Crippen molar-refractivity contribution in [2.24, 2.45) is 0 Å². The molecule has 0 fully saturated rings. The van der Waals surface area contributed by atoms with Gasteiger partial charge in [-0.3, -0.25) is 0 Å². The normalized spacial score (nSPS) is 16.4. The van der Waals surface area contributed by atoms with Gasteiger partial charge in [0.1, 0.15) is 12.4 Å². The van der Waals surface area contributed by atoms with E-state index in [0.717, 1.165) is 24.8 Å². The van der Waals surface area contributed by atoms with Crippen LogP contribution in [0.2, 0.25) is 5.02 Å². The van der Waals surface area contributed by atoms with Crippen molar-refractivity contribution in [1.29, 1.82) is 0 Å². The van der Waals surface area contributed by atoms with Gasteiger partial charge in [-0.2, -0.15) is 10.1 Å². The molecule has 0 radical (unpaired) electrons. The van der Waals surface area contributed by atoms with Crippen LogP contribution in [0.3, 0.4) is 0 Å². The Bertz CT molecular complexity index is 800. The zero-order valence-electron chi connectivity index (χ0n) is 14.3. The number of nitrogens with zero attached hydrogens (tertiary/aromatic N) is 3. The standard InChI is InChI=1S/C18H21ClN4O2/c1-3-4-5-9-25-17(24)15-12(2)22-18-20-11-21-23(18)16(15)13-7-6-8-14(19)10-13/h6-8,10-11,16H,3-5,9H2,1-2H3,(H,20,21,22). The molecule has 2 heterocycles. The van der Waals surface area contributed by atoms with Crippen molar-refractivity contribution in [3.8, 4) is 0 Å². The molecule has 0 bridgehead atoms. The lowest BCUT2D eigenvalue weighted by Gasteiger charge is -2.28. The average Bonchev–Trinajstić information content (AvgIpc) is 3.05. The average molecular weight is 361 g/mol. The maximum absolute atomic E-state index is 12.8. The second-order valence-corrected chi connectivity index (χ2v) is 6.43. The van der Waals surface area contributed by atoms with Crippen LogP contribution >= 0.6 is 11.6 Å². The first-order chi connectivity index (χ1) is 12.1. The van der Waals surface area contributed by atoms with E-state index < -0.39 is 6.04 Å². The Balaban J connectivity index is 1.94. The Hall–Kier alpha value is -2.34. The molecular formula is C18H21ClN4O2. The van der Waals surface area contributed by atoms with E-state index >= 15 is 0 Å². The largest absolute Gasteiger partial charge is 0.462 e. The number of hydrogen-bond acceptors (Lipinski definition) is 5. The number of halogens is 1. The monoisotopic (exact) mass is 360 g/mol.